The Balaban J connectivity index is 1.50. The molecule has 0 bridgehead atoms. The Morgan fingerprint density at radius 1 is 0.439 bits per heavy atom. The van der Waals surface area contributed by atoms with Gasteiger partial charge in [0.1, 0.15) is 0 Å². The van der Waals surface area contributed by atoms with Crippen molar-refractivity contribution in [2.24, 2.45) is 0 Å². The monoisotopic (exact) mass is 568 g/mol. The number of aromatic nitrogens is 2. The number of nitrogens with one attached hydrogen (secondary N) is 1. The molecule has 2 rings (SSSR count). The Bertz CT molecular complexity index is 822. The van der Waals surface area contributed by atoms with Crippen molar-refractivity contribution in [1.29, 1.82) is 0 Å². The van der Waals surface area contributed by atoms with Gasteiger partial charge in [-0.15, -0.1) is 0 Å². The number of fused-ring (bicyclic) bond motifs is 1. The van der Waals surface area contributed by atoms with E-state index >= 15 is 0 Å². The molecule has 0 fully saturated rings. The normalized spacial score (nSPS) is 11.7. The Morgan fingerprint density at radius 3 is 1.24 bits per heavy atom. The summed E-state index contributed by atoms with van der Waals surface area (Å²) in [5, 5.41) is 0. The highest BCUT2D eigenvalue weighted by atomic mass is 15.1. The van der Waals surface area contributed by atoms with Gasteiger partial charge >= 0.3 is 0 Å². The number of imidazole rings is 1. The van der Waals surface area contributed by atoms with Crippen molar-refractivity contribution in [3.05, 3.63) is 30.1 Å². The summed E-state index contributed by atoms with van der Waals surface area (Å²) in [5.41, 5.74) is 2.72. The van der Waals surface area contributed by atoms with E-state index in [0.717, 1.165) is 0 Å². The third-order valence-corrected chi connectivity index (χ3v) is 9.30. The molecule has 2 heteroatoms. The summed E-state index contributed by atoms with van der Waals surface area (Å²) in [6.45, 7) is 5.79. The number of unbranched alkanes of at least 4 members (excludes halogenated alkanes) is 26. The fraction of sp³-hybridized carbons (Fsp3) is 0.821. The second kappa shape index (κ2) is 26.3. The molecule has 0 aliphatic heterocycles. The molecule has 0 unspecified atom stereocenters. The van der Waals surface area contributed by atoms with Gasteiger partial charge in [-0.05, 0) is 31.4 Å². The zero-order valence-electron chi connectivity index (χ0n) is 28.0. The summed E-state index contributed by atoms with van der Waals surface area (Å²) in [4.78, 5) is 3.77. The molecular formula is C39H71N2+. The lowest BCUT2D eigenvalue weighted by Gasteiger charge is -2.05. The van der Waals surface area contributed by atoms with Gasteiger partial charge in [-0.3, -0.25) is 0 Å². The van der Waals surface area contributed by atoms with Gasteiger partial charge < -0.3 is 0 Å². The van der Waals surface area contributed by atoms with Crippen molar-refractivity contribution in [2.75, 3.05) is 0 Å². The van der Waals surface area contributed by atoms with Crippen molar-refractivity contribution < 1.29 is 4.57 Å². The largest absolute Gasteiger partial charge is 0.255 e. The van der Waals surface area contributed by atoms with Crippen LogP contribution in [0.5, 0.6) is 0 Å². The average Bonchev–Trinajstić information content (AvgIpc) is 3.34. The zero-order valence-corrected chi connectivity index (χ0v) is 28.0. The van der Waals surface area contributed by atoms with Crippen molar-refractivity contribution in [3.63, 3.8) is 0 Å². The predicted molar refractivity (Wildman–Crippen MR) is 183 cm³/mol. The SMILES string of the molecule is CCCCCCCCCCCCCCCCc1[nH]c2ccccc2[n+]1CCCCCCCCCCCCCCCC. The maximum Gasteiger partial charge on any atom is 0.255 e. The lowest BCUT2D eigenvalue weighted by atomic mass is 10.0. The van der Waals surface area contributed by atoms with Gasteiger partial charge in [-0.2, -0.15) is 0 Å². The van der Waals surface area contributed by atoms with Crippen LogP contribution in [0.2, 0.25) is 0 Å². The van der Waals surface area contributed by atoms with Crippen molar-refractivity contribution in [3.8, 4) is 0 Å². The highest BCUT2D eigenvalue weighted by molar-refractivity contribution is 5.71. The van der Waals surface area contributed by atoms with E-state index in [2.05, 4.69) is 47.7 Å². The van der Waals surface area contributed by atoms with E-state index in [1.807, 2.05) is 0 Å². The summed E-state index contributed by atoms with van der Waals surface area (Å²) in [6, 6.07) is 8.94. The van der Waals surface area contributed by atoms with Crippen LogP contribution in [-0.4, -0.2) is 4.98 Å². The Hall–Kier alpha value is -1.31. The van der Waals surface area contributed by atoms with Crippen molar-refractivity contribution in [1.82, 2.24) is 4.98 Å². The molecule has 1 aromatic carbocycles. The molecule has 2 nitrogen and oxygen atoms in total. The first-order valence-electron chi connectivity index (χ1n) is 18.9. The minimum atomic E-state index is 1.18. The highest BCUT2D eigenvalue weighted by Crippen LogP contribution is 2.16. The summed E-state index contributed by atoms with van der Waals surface area (Å²) in [7, 11) is 0. The van der Waals surface area contributed by atoms with E-state index < -0.39 is 0 Å². The molecule has 0 amide bonds. The molecule has 0 atom stereocenters. The number of aryl methyl sites for hydroxylation is 2. The van der Waals surface area contributed by atoms with Crippen LogP contribution in [0.15, 0.2) is 24.3 Å². The second-order valence-electron chi connectivity index (χ2n) is 13.2. The number of para-hydroxylation sites is 2. The molecule has 236 valence electrons. The average molecular weight is 568 g/mol. The van der Waals surface area contributed by atoms with Gasteiger partial charge in [0.05, 0.1) is 6.54 Å². The second-order valence-corrected chi connectivity index (χ2v) is 13.2. The van der Waals surface area contributed by atoms with Crippen molar-refractivity contribution >= 4 is 11.0 Å². The number of aromatic amines is 1. The third kappa shape index (κ3) is 18.1. The number of hydrogen-bond donors (Lipinski definition) is 1. The van der Waals surface area contributed by atoms with Gasteiger partial charge in [0.2, 0.25) is 0 Å². The molecule has 1 N–H and O–H groups in total. The predicted octanol–water partition coefficient (Wildman–Crippen LogP) is 13.0. The zero-order chi connectivity index (χ0) is 29.1. The molecular weight excluding hydrogens is 496 g/mol. The summed E-state index contributed by atoms with van der Waals surface area (Å²) < 4.78 is 2.61. The van der Waals surface area contributed by atoms with E-state index in [0.29, 0.717) is 0 Å². The topological polar surface area (TPSA) is 19.7 Å². The fourth-order valence-electron chi connectivity index (χ4n) is 6.59. The Kier molecular flexibility index (Phi) is 23.0. The summed E-state index contributed by atoms with van der Waals surface area (Å²) >= 11 is 0. The molecule has 41 heavy (non-hydrogen) atoms. The third-order valence-electron chi connectivity index (χ3n) is 9.30. The number of nitrogens with zero attached hydrogens (tertiary/aromatic N) is 1. The van der Waals surface area contributed by atoms with Crippen LogP contribution in [0.4, 0.5) is 0 Å². The van der Waals surface area contributed by atoms with Gasteiger partial charge in [0.15, 0.2) is 11.0 Å². The highest BCUT2D eigenvalue weighted by Gasteiger charge is 2.17. The quantitative estimate of drug-likeness (QED) is 0.0715. The van der Waals surface area contributed by atoms with Crippen LogP contribution in [0, 0.1) is 0 Å². The van der Waals surface area contributed by atoms with Crippen LogP contribution in [-0.2, 0) is 13.0 Å². The number of hydrogen-bond acceptors (Lipinski definition) is 0. The first kappa shape index (κ1) is 35.9. The van der Waals surface area contributed by atoms with Crippen LogP contribution in [0.1, 0.15) is 199 Å². The van der Waals surface area contributed by atoms with E-state index in [9.17, 15) is 0 Å². The van der Waals surface area contributed by atoms with Crippen LogP contribution in [0.25, 0.3) is 11.0 Å². The molecule has 0 aliphatic rings. The Labute approximate surface area is 256 Å². The van der Waals surface area contributed by atoms with Gasteiger partial charge in [0, 0.05) is 6.42 Å². The molecule has 2 aromatic rings. The molecule has 0 saturated carbocycles. The molecule has 1 aromatic heterocycles. The fourth-order valence-corrected chi connectivity index (χ4v) is 6.59. The number of rotatable bonds is 30. The lowest BCUT2D eigenvalue weighted by molar-refractivity contribution is -0.679. The van der Waals surface area contributed by atoms with Crippen LogP contribution >= 0.6 is 0 Å². The van der Waals surface area contributed by atoms with E-state index in [-0.39, 0.29) is 0 Å². The van der Waals surface area contributed by atoms with Gasteiger partial charge in [-0.25, -0.2) is 9.55 Å². The summed E-state index contributed by atoms with van der Waals surface area (Å²) in [5.74, 6) is 1.46. The standard InChI is InChI=1S/C39H70N2/c1-3-5-7-9-11-13-15-17-19-21-23-25-27-29-35-39-40-37-33-30-31-34-38(37)41(39)36-32-28-26-24-22-20-18-16-14-12-10-8-6-4-2/h30-31,33-34H,3-29,32,35-36H2,1-2H3/p+1. The van der Waals surface area contributed by atoms with Gasteiger partial charge in [-0.1, -0.05) is 187 Å². The van der Waals surface area contributed by atoms with E-state index in [1.54, 1.807) is 0 Å². The minimum absolute atomic E-state index is 1.18. The van der Waals surface area contributed by atoms with Crippen molar-refractivity contribution in [2.45, 2.75) is 207 Å². The maximum atomic E-state index is 3.77. The maximum absolute atomic E-state index is 3.77. The minimum Gasteiger partial charge on any atom is -0.241 e. The first-order chi connectivity index (χ1) is 20.4. The first-order valence-corrected chi connectivity index (χ1v) is 18.9. The molecule has 0 spiro atoms. The van der Waals surface area contributed by atoms with E-state index in [4.69, 9.17) is 0 Å². The van der Waals surface area contributed by atoms with E-state index in [1.165, 1.54) is 210 Å². The molecule has 0 aliphatic carbocycles. The molecule has 0 saturated heterocycles. The van der Waals surface area contributed by atoms with Crippen LogP contribution < -0.4 is 4.57 Å². The smallest absolute Gasteiger partial charge is 0.241 e. The Morgan fingerprint density at radius 2 is 0.805 bits per heavy atom. The molecule has 1 heterocycles. The lowest BCUT2D eigenvalue weighted by Crippen LogP contribution is -2.37. The number of H-pyrrole nitrogens is 1. The number of benzene rings is 1. The van der Waals surface area contributed by atoms with Gasteiger partial charge in [0.25, 0.3) is 5.82 Å². The molecule has 0 radical (unpaired) electrons. The summed E-state index contributed by atoms with van der Waals surface area (Å²) in [6.07, 6.45) is 41.2. The van der Waals surface area contributed by atoms with Crippen LogP contribution in [0.3, 0.4) is 0 Å².